The molecule has 1 aliphatic heterocycles. The van der Waals surface area contributed by atoms with Crippen molar-refractivity contribution in [2.24, 2.45) is 5.92 Å². The first-order valence-electron chi connectivity index (χ1n) is 7.62. The van der Waals surface area contributed by atoms with Crippen LogP contribution in [-0.4, -0.2) is 106 Å². The summed E-state index contributed by atoms with van der Waals surface area (Å²) in [5.41, 5.74) is 0. The Morgan fingerprint density at radius 2 is 1.75 bits per heavy atom. The summed E-state index contributed by atoms with van der Waals surface area (Å²) in [4.78, 5) is 0. The molecule has 6 N–H and O–H groups in total. The van der Waals surface area contributed by atoms with Crippen LogP contribution in [0.2, 0.25) is 0 Å². The normalized spacial score (nSPS) is 33.9. The first-order valence-corrected chi connectivity index (χ1v) is 9.01. The Balaban J connectivity index is 2.83. The Hall–Kier alpha value is -0.0100. The third kappa shape index (κ3) is 5.24. The number of ether oxygens (including phenoxy) is 3. The zero-order valence-corrected chi connectivity index (χ0v) is 14.7. The molecule has 1 heterocycles. The van der Waals surface area contributed by atoms with Crippen LogP contribution in [0.15, 0.2) is 0 Å². The molecular weight excluding hydrogens is 344 g/mol. The third-order valence-electron chi connectivity index (χ3n) is 4.02. The van der Waals surface area contributed by atoms with Crippen LogP contribution in [0.3, 0.4) is 0 Å². The minimum absolute atomic E-state index is 0.384. The minimum atomic E-state index is -1.62. The smallest absolute Gasteiger partial charge is 0.187 e. The molecule has 1 saturated heterocycles. The van der Waals surface area contributed by atoms with Gasteiger partial charge >= 0.3 is 0 Å². The fraction of sp³-hybridized carbons (Fsp3) is 1.00. The molecule has 0 saturated carbocycles. The van der Waals surface area contributed by atoms with E-state index in [0.717, 1.165) is 0 Å². The van der Waals surface area contributed by atoms with Gasteiger partial charge in [0, 0.05) is 25.4 Å². The first kappa shape index (κ1) is 22.0. The summed E-state index contributed by atoms with van der Waals surface area (Å²) in [5.74, 6) is -0.262. The lowest BCUT2D eigenvalue weighted by molar-refractivity contribution is -0.275. The van der Waals surface area contributed by atoms with Gasteiger partial charge in [0.2, 0.25) is 0 Å². The van der Waals surface area contributed by atoms with E-state index in [0.29, 0.717) is 5.75 Å². The monoisotopic (exact) mass is 372 g/mol. The first-order chi connectivity index (χ1) is 11.3. The SMILES string of the molecule is CO[C@@H](O)C(O[C@@H]1O[C@@H](CSC)C(O)C1O)[C@@H](O)[C@H](O)C(C)CO. The maximum absolute atomic E-state index is 10.2. The predicted molar refractivity (Wildman–Crippen MR) is 85.2 cm³/mol. The molecule has 0 aromatic heterocycles. The van der Waals surface area contributed by atoms with Gasteiger partial charge in [0.15, 0.2) is 12.6 Å². The van der Waals surface area contributed by atoms with Crippen LogP contribution in [0.1, 0.15) is 6.92 Å². The van der Waals surface area contributed by atoms with Crippen LogP contribution in [0.4, 0.5) is 0 Å². The van der Waals surface area contributed by atoms with Crippen molar-refractivity contribution in [1.29, 1.82) is 0 Å². The van der Waals surface area contributed by atoms with Gasteiger partial charge in [0.1, 0.15) is 24.4 Å². The van der Waals surface area contributed by atoms with E-state index < -0.39 is 55.1 Å². The van der Waals surface area contributed by atoms with Gasteiger partial charge < -0.3 is 44.8 Å². The highest BCUT2D eigenvalue weighted by atomic mass is 32.2. The number of aliphatic hydroxyl groups is 6. The van der Waals surface area contributed by atoms with E-state index in [9.17, 15) is 25.5 Å². The molecule has 9 nitrogen and oxygen atoms in total. The number of aliphatic hydroxyl groups excluding tert-OH is 6. The fourth-order valence-corrected chi connectivity index (χ4v) is 2.98. The molecule has 1 aliphatic rings. The highest BCUT2D eigenvalue weighted by Crippen LogP contribution is 2.27. The second-order valence-corrected chi connectivity index (χ2v) is 6.76. The second-order valence-electron chi connectivity index (χ2n) is 5.85. The van der Waals surface area contributed by atoms with Crippen molar-refractivity contribution in [2.45, 2.75) is 56.1 Å². The molecular formula is C14H28O9S. The topological polar surface area (TPSA) is 149 Å². The van der Waals surface area contributed by atoms with E-state index in [1.54, 1.807) is 0 Å². The zero-order valence-electron chi connectivity index (χ0n) is 13.9. The maximum atomic E-state index is 10.2. The molecule has 144 valence electrons. The lowest BCUT2D eigenvalue weighted by Gasteiger charge is -2.33. The predicted octanol–water partition coefficient (Wildman–Crippen LogP) is -2.50. The third-order valence-corrected chi connectivity index (χ3v) is 4.68. The molecule has 0 bridgehead atoms. The molecule has 0 aromatic rings. The van der Waals surface area contributed by atoms with Crippen LogP contribution in [0.25, 0.3) is 0 Å². The molecule has 1 rings (SSSR count). The van der Waals surface area contributed by atoms with Crippen molar-refractivity contribution in [1.82, 2.24) is 0 Å². The lowest BCUT2D eigenvalue weighted by atomic mass is 9.96. The number of rotatable bonds is 10. The molecule has 10 heteroatoms. The Morgan fingerprint density at radius 1 is 1.12 bits per heavy atom. The van der Waals surface area contributed by atoms with Crippen LogP contribution < -0.4 is 0 Å². The highest BCUT2D eigenvalue weighted by molar-refractivity contribution is 7.98. The van der Waals surface area contributed by atoms with Crippen LogP contribution in [-0.2, 0) is 14.2 Å². The molecule has 9 atom stereocenters. The van der Waals surface area contributed by atoms with E-state index >= 15 is 0 Å². The standard InChI is InChI=1S/C14H28O9S/c1-6(4-15)8(16)10(18)12(13(20)21-2)23-14-11(19)9(17)7(22-14)5-24-3/h6-20H,4-5H2,1-3H3/t6?,7-,8+,9?,10-,11?,12?,13+,14-/m0/s1. The lowest BCUT2D eigenvalue weighted by Crippen LogP contribution is -2.52. The summed E-state index contributed by atoms with van der Waals surface area (Å²) in [5, 5.41) is 59.2. The maximum Gasteiger partial charge on any atom is 0.187 e. The number of hydrogen-bond donors (Lipinski definition) is 6. The van der Waals surface area contributed by atoms with Crippen molar-refractivity contribution in [3.05, 3.63) is 0 Å². The average molecular weight is 372 g/mol. The highest BCUT2D eigenvalue weighted by Gasteiger charge is 2.46. The van der Waals surface area contributed by atoms with Gasteiger partial charge in [-0.05, 0) is 6.26 Å². The van der Waals surface area contributed by atoms with Crippen LogP contribution >= 0.6 is 11.8 Å². The number of hydrogen-bond acceptors (Lipinski definition) is 10. The summed E-state index contributed by atoms with van der Waals surface area (Å²) in [6.07, 6.45) is -8.83. The Morgan fingerprint density at radius 3 is 2.25 bits per heavy atom. The Bertz CT molecular complexity index is 361. The molecule has 1 fully saturated rings. The van der Waals surface area contributed by atoms with Gasteiger partial charge in [0.05, 0.1) is 12.2 Å². The van der Waals surface area contributed by atoms with E-state index in [4.69, 9.17) is 19.3 Å². The van der Waals surface area contributed by atoms with Crippen molar-refractivity contribution >= 4 is 11.8 Å². The second kappa shape index (κ2) is 10.2. The van der Waals surface area contributed by atoms with Crippen LogP contribution in [0, 0.1) is 5.92 Å². The molecule has 0 spiro atoms. The van der Waals surface area contributed by atoms with Gasteiger partial charge in [-0.3, -0.25) is 0 Å². The summed E-state index contributed by atoms with van der Waals surface area (Å²) in [6, 6.07) is 0. The van der Waals surface area contributed by atoms with E-state index in [1.807, 2.05) is 6.26 Å². The number of methoxy groups -OCH3 is 1. The Kier molecular flexibility index (Phi) is 9.38. The summed E-state index contributed by atoms with van der Waals surface area (Å²) >= 11 is 1.41. The summed E-state index contributed by atoms with van der Waals surface area (Å²) in [7, 11) is 1.17. The molecule has 0 aromatic carbocycles. The van der Waals surface area contributed by atoms with Crippen molar-refractivity contribution in [3.63, 3.8) is 0 Å². The minimum Gasteiger partial charge on any atom is -0.396 e. The fourth-order valence-electron chi connectivity index (χ4n) is 2.37. The molecule has 0 radical (unpaired) electrons. The van der Waals surface area contributed by atoms with E-state index in [-0.39, 0.29) is 6.61 Å². The quantitative estimate of drug-likeness (QED) is 0.227. The zero-order chi connectivity index (χ0) is 18.4. The largest absolute Gasteiger partial charge is 0.396 e. The van der Waals surface area contributed by atoms with Crippen molar-refractivity contribution in [2.75, 3.05) is 25.7 Å². The summed E-state index contributed by atoms with van der Waals surface area (Å²) < 4.78 is 15.5. The molecule has 24 heavy (non-hydrogen) atoms. The van der Waals surface area contributed by atoms with Gasteiger partial charge in [0.25, 0.3) is 0 Å². The molecule has 0 amide bonds. The molecule has 4 unspecified atom stereocenters. The average Bonchev–Trinajstić information content (AvgIpc) is 2.85. The van der Waals surface area contributed by atoms with Gasteiger partial charge in [-0.15, -0.1) is 0 Å². The Labute approximate surface area is 145 Å². The van der Waals surface area contributed by atoms with Crippen molar-refractivity contribution in [3.8, 4) is 0 Å². The van der Waals surface area contributed by atoms with Gasteiger partial charge in [-0.25, -0.2) is 0 Å². The van der Waals surface area contributed by atoms with Gasteiger partial charge in [-0.1, -0.05) is 6.92 Å². The van der Waals surface area contributed by atoms with E-state index in [1.165, 1.54) is 25.8 Å². The summed E-state index contributed by atoms with van der Waals surface area (Å²) in [6.45, 7) is 1.12. The van der Waals surface area contributed by atoms with Gasteiger partial charge in [-0.2, -0.15) is 11.8 Å². The van der Waals surface area contributed by atoms with Crippen molar-refractivity contribution < 1.29 is 44.8 Å². The van der Waals surface area contributed by atoms with E-state index in [2.05, 4.69) is 0 Å². The van der Waals surface area contributed by atoms with Crippen LogP contribution in [0.5, 0.6) is 0 Å². The molecule has 0 aliphatic carbocycles. The number of thioether (sulfide) groups is 1.